The maximum Gasteiger partial charge on any atom is 0.119 e. The average Bonchev–Trinajstić information content (AvgIpc) is 2.85. The van der Waals surface area contributed by atoms with E-state index in [1.807, 2.05) is 36.6 Å². The SMILES string of the molecule is CCOc1cccc(C(NN)c2ccsc2)c1. The van der Waals surface area contributed by atoms with Crippen molar-refractivity contribution in [3.63, 3.8) is 0 Å². The molecular formula is C13H16N2OS. The third-order valence-electron chi connectivity index (χ3n) is 2.55. The lowest BCUT2D eigenvalue weighted by molar-refractivity contribution is 0.339. The van der Waals surface area contributed by atoms with Crippen molar-refractivity contribution in [3.8, 4) is 5.75 Å². The van der Waals surface area contributed by atoms with Crippen LogP contribution in [0.5, 0.6) is 5.75 Å². The maximum atomic E-state index is 5.63. The summed E-state index contributed by atoms with van der Waals surface area (Å²) in [5.74, 6) is 6.51. The second-order valence-electron chi connectivity index (χ2n) is 3.66. The molecule has 0 aliphatic heterocycles. The largest absolute Gasteiger partial charge is 0.494 e. The van der Waals surface area contributed by atoms with Crippen LogP contribution in [0.15, 0.2) is 41.1 Å². The van der Waals surface area contributed by atoms with Gasteiger partial charge in [-0.25, -0.2) is 5.43 Å². The number of nitrogens with two attached hydrogens (primary N) is 1. The fourth-order valence-electron chi connectivity index (χ4n) is 1.77. The minimum atomic E-state index is 0.0154. The summed E-state index contributed by atoms with van der Waals surface area (Å²) < 4.78 is 5.49. The van der Waals surface area contributed by atoms with Gasteiger partial charge >= 0.3 is 0 Å². The fourth-order valence-corrected chi connectivity index (χ4v) is 2.46. The average molecular weight is 248 g/mol. The number of hydrogen-bond donors (Lipinski definition) is 2. The van der Waals surface area contributed by atoms with Crippen LogP contribution in [-0.4, -0.2) is 6.61 Å². The van der Waals surface area contributed by atoms with Gasteiger partial charge in [-0.15, -0.1) is 0 Å². The van der Waals surface area contributed by atoms with E-state index in [-0.39, 0.29) is 6.04 Å². The number of nitrogens with one attached hydrogen (secondary N) is 1. The molecular weight excluding hydrogens is 232 g/mol. The number of rotatable bonds is 5. The Balaban J connectivity index is 2.28. The summed E-state index contributed by atoms with van der Waals surface area (Å²) in [6, 6.07) is 10.1. The maximum absolute atomic E-state index is 5.63. The lowest BCUT2D eigenvalue weighted by Crippen LogP contribution is -2.28. The van der Waals surface area contributed by atoms with E-state index in [0.717, 1.165) is 11.3 Å². The molecule has 0 bridgehead atoms. The second kappa shape index (κ2) is 5.82. The van der Waals surface area contributed by atoms with E-state index in [0.29, 0.717) is 6.61 Å². The van der Waals surface area contributed by atoms with Gasteiger partial charge in [-0.1, -0.05) is 12.1 Å². The highest BCUT2D eigenvalue weighted by molar-refractivity contribution is 7.08. The summed E-state index contributed by atoms with van der Waals surface area (Å²) in [6.45, 7) is 2.65. The topological polar surface area (TPSA) is 47.3 Å². The predicted molar refractivity (Wildman–Crippen MR) is 71.1 cm³/mol. The standard InChI is InChI=1S/C13H16N2OS/c1-2-16-12-5-3-4-10(8-12)13(15-14)11-6-7-17-9-11/h3-9,13,15H,2,14H2,1H3. The van der Waals surface area contributed by atoms with Crippen molar-refractivity contribution in [1.29, 1.82) is 0 Å². The van der Waals surface area contributed by atoms with Gasteiger partial charge in [0.15, 0.2) is 0 Å². The first-order valence-electron chi connectivity index (χ1n) is 5.56. The number of hydrogen-bond acceptors (Lipinski definition) is 4. The highest BCUT2D eigenvalue weighted by Gasteiger charge is 2.13. The third kappa shape index (κ3) is 2.85. The van der Waals surface area contributed by atoms with E-state index in [1.165, 1.54) is 5.56 Å². The van der Waals surface area contributed by atoms with E-state index < -0.39 is 0 Å². The van der Waals surface area contributed by atoms with Gasteiger partial charge in [0, 0.05) is 0 Å². The molecule has 17 heavy (non-hydrogen) atoms. The Morgan fingerprint density at radius 1 is 1.35 bits per heavy atom. The van der Waals surface area contributed by atoms with E-state index in [4.69, 9.17) is 10.6 Å². The van der Waals surface area contributed by atoms with Gasteiger partial charge in [-0.2, -0.15) is 11.3 Å². The molecule has 3 nitrogen and oxygen atoms in total. The van der Waals surface area contributed by atoms with Crippen LogP contribution in [0.2, 0.25) is 0 Å². The minimum Gasteiger partial charge on any atom is -0.494 e. The van der Waals surface area contributed by atoms with Crippen LogP contribution < -0.4 is 16.0 Å². The molecule has 0 fully saturated rings. The zero-order valence-electron chi connectivity index (χ0n) is 9.72. The normalized spacial score (nSPS) is 12.4. The molecule has 90 valence electrons. The molecule has 0 saturated heterocycles. The number of hydrazine groups is 1. The molecule has 1 aromatic heterocycles. The quantitative estimate of drug-likeness (QED) is 0.632. The first-order chi connectivity index (χ1) is 8.35. The third-order valence-corrected chi connectivity index (χ3v) is 3.25. The van der Waals surface area contributed by atoms with E-state index in [9.17, 15) is 0 Å². The van der Waals surface area contributed by atoms with Crippen LogP contribution in [-0.2, 0) is 0 Å². The molecule has 0 amide bonds. The van der Waals surface area contributed by atoms with E-state index in [1.54, 1.807) is 11.3 Å². The van der Waals surface area contributed by atoms with Crippen molar-refractivity contribution in [2.45, 2.75) is 13.0 Å². The van der Waals surface area contributed by atoms with Gasteiger partial charge in [0.1, 0.15) is 5.75 Å². The van der Waals surface area contributed by atoms with Crippen LogP contribution in [0, 0.1) is 0 Å². The van der Waals surface area contributed by atoms with Gasteiger partial charge < -0.3 is 4.74 Å². The molecule has 1 unspecified atom stereocenters. The highest BCUT2D eigenvalue weighted by atomic mass is 32.1. The first-order valence-corrected chi connectivity index (χ1v) is 6.50. The van der Waals surface area contributed by atoms with Crippen molar-refractivity contribution in [1.82, 2.24) is 5.43 Å². The van der Waals surface area contributed by atoms with Crippen molar-refractivity contribution in [3.05, 3.63) is 52.2 Å². The van der Waals surface area contributed by atoms with Crippen molar-refractivity contribution in [2.75, 3.05) is 6.61 Å². The predicted octanol–water partition coefficient (Wildman–Crippen LogP) is 2.70. The zero-order valence-corrected chi connectivity index (χ0v) is 10.5. The molecule has 1 heterocycles. The Morgan fingerprint density at radius 2 is 2.24 bits per heavy atom. The summed E-state index contributed by atoms with van der Waals surface area (Å²) in [4.78, 5) is 0. The van der Waals surface area contributed by atoms with Crippen molar-refractivity contribution >= 4 is 11.3 Å². The lowest BCUT2D eigenvalue weighted by Gasteiger charge is -2.16. The Kier molecular flexibility index (Phi) is 4.14. The Labute approximate surface area is 105 Å². The fraction of sp³-hybridized carbons (Fsp3) is 0.231. The summed E-state index contributed by atoms with van der Waals surface area (Å²) in [5.41, 5.74) is 5.12. The van der Waals surface area contributed by atoms with Gasteiger partial charge in [-0.3, -0.25) is 5.84 Å². The van der Waals surface area contributed by atoms with E-state index in [2.05, 4.69) is 16.9 Å². The van der Waals surface area contributed by atoms with Gasteiger partial charge in [0.05, 0.1) is 12.6 Å². The van der Waals surface area contributed by atoms with Crippen molar-refractivity contribution < 1.29 is 4.74 Å². The first kappa shape index (κ1) is 12.1. The van der Waals surface area contributed by atoms with Gasteiger partial charge in [0.2, 0.25) is 0 Å². The smallest absolute Gasteiger partial charge is 0.119 e. The van der Waals surface area contributed by atoms with Crippen LogP contribution >= 0.6 is 11.3 Å². The molecule has 0 saturated carbocycles. The summed E-state index contributed by atoms with van der Waals surface area (Å²) >= 11 is 1.67. The summed E-state index contributed by atoms with van der Waals surface area (Å²) in [5, 5.41) is 4.14. The molecule has 2 aromatic rings. The van der Waals surface area contributed by atoms with E-state index >= 15 is 0 Å². The van der Waals surface area contributed by atoms with Crippen LogP contribution in [0.25, 0.3) is 0 Å². The zero-order chi connectivity index (χ0) is 12.1. The molecule has 0 aliphatic carbocycles. The number of ether oxygens (including phenoxy) is 1. The molecule has 1 aromatic carbocycles. The Morgan fingerprint density at radius 3 is 2.88 bits per heavy atom. The molecule has 0 aliphatic rings. The van der Waals surface area contributed by atoms with Crippen molar-refractivity contribution in [2.24, 2.45) is 5.84 Å². The molecule has 1 atom stereocenters. The van der Waals surface area contributed by atoms with Crippen LogP contribution in [0.4, 0.5) is 0 Å². The number of thiophene rings is 1. The Hall–Kier alpha value is -1.36. The Bertz CT molecular complexity index is 456. The van der Waals surface area contributed by atoms with Gasteiger partial charge in [0.25, 0.3) is 0 Å². The monoisotopic (exact) mass is 248 g/mol. The minimum absolute atomic E-state index is 0.0154. The molecule has 0 spiro atoms. The summed E-state index contributed by atoms with van der Waals surface area (Å²) in [6.07, 6.45) is 0. The highest BCUT2D eigenvalue weighted by Crippen LogP contribution is 2.26. The summed E-state index contributed by atoms with van der Waals surface area (Å²) in [7, 11) is 0. The van der Waals surface area contributed by atoms with Crippen LogP contribution in [0.3, 0.4) is 0 Å². The number of benzene rings is 1. The van der Waals surface area contributed by atoms with Crippen LogP contribution in [0.1, 0.15) is 24.1 Å². The molecule has 2 rings (SSSR count). The molecule has 4 heteroatoms. The lowest BCUT2D eigenvalue weighted by atomic mass is 10.0. The molecule has 0 radical (unpaired) electrons. The second-order valence-corrected chi connectivity index (χ2v) is 4.44. The molecule has 3 N–H and O–H groups in total. The van der Waals surface area contributed by atoms with Gasteiger partial charge in [-0.05, 0) is 47.0 Å².